The standard InChI is InChI=1S/C26H31ClN4O/c1-16(2)32-24-14-21(19-9-11-28-12-10-19)18(4)13-23(24)30-26-22(27)15-29-25(31-26)20-7-5-17(3)6-8-20/h5-8,13-16,19,28H,9-12H2,1-4H3,(H,29,30,31). The first-order valence-electron chi connectivity index (χ1n) is 11.3. The molecular weight excluding hydrogens is 420 g/mol. The van der Waals surface area contributed by atoms with E-state index in [-0.39, 0.29) is 6.10 Å². The highest BCUT2D eigenvalue weighted by Gasteiger charge is 2.20. The summed E-state index contributed by atoms with van der Waals surface area (Å²) < 4.78 is 6.21. The summed E-state index contributed by atoms with van der Waals surface area (Å²) in [5.74, 6) is 2.58. The Kier molecular flexibility index (Phi) is 6.97. The van der Waals surface area contributed by atoms with Crippen LogP contribution >= 0.6 is 11.6 Å². The number of aromatic nitrogens is 2. The number of halogens is 1. The molecule has 1 fully saturated rings. The summed E-state index contributed by atoms with van der Waals surface area (Å²) in [6, 6.07) is 12.5. The Morgan fingerprint density at radius 1 is 1.09 bits per heavy atom. The van der Waals surface area contributed by atoms with E-state index in [1.54, 1.807) is 6.20 Å². The smallest absolute Gasteiger partial charge is 0.161 e. The van der Waals surface area contributed by atoms with Gasteiger partial charge in [0.2, 0.25) is 0 Å². The van der Waals surface area contributed by atoms with Gasteiger partial charge in [-0.3, -0.25) is 0 Å². The summed E-state index contributed by atoms with van der Waals surface area (Å²) in [6.45, 7) is 10.4. The van der Waals surface area contributed by atoms with E-state index in [9.17, 15) is 0 Å². The van der Waals surface area contributed by atoms with Gasteiger partial charge in [0, 0.05) is 5.56 Å². The summed E-state index contributed by atoms with van der Waals surface area (Å²) in [6.07, 6.45) is 3.99. The van der Waals surface area contributed by atoms with E-state index in [0.29, 0.717) is 22.6 Å². The zero-order valence-electron chi connectivity index (χ0n) is 19.2. The van der Waals surface area contributed by atoms with Gasteiger partial charge in [-0.25, -0.2) is 9.97 Å². The molecule has 0 bridgehead atoms. The van der Waals surface area contributed by atoms with Crippen LogP contribution in [0.4, 0.5) is 11.5 Å². The van der Waals surface area contributed by atoms with Crippen molar-refractivity contribution in [2.45, 2.75) is 52.6 Å². The Morgan fingerprint density at radius 3 is 2.50 bits per heavy atom. The molecule has 0 unspecified atom stereocenters. The van der Waals surface area contributed by atoms with Crippen LogP contribution in [0.3, 0.4) is 0 Å². The van der Waals surface area contributed by atoms with Gasteiger partial charge in [0.25, 0.3) is 0 Å². The van der Waals surface area contributed by atoms with Crippen molar-refractivity contribution in [1.29, 1.82) is 0 Å². The SMILES string of the molecule is Cc1ccc(-c2ncc(Cl)c(Nc3cc(C)c(C4CCNCC4)cc3OC(C)C)n2)cc1. The average Bonchev–Trinajstić information content (AvgIpc) is 2.78. The number of nitrogens with one attached hydrogen (secondary N) is 2. The molecule has 168 valence electrons. The van der Waals surface area contributed by atoms with Crippen molar-refractivity contribution in [3.63, 3.8) is 0 Å². The Bertz CT molecular complexity index is 1080. The third-order valence-corrected chi connectivity index (χ3v) is 6.09. The van der Waals surface area contributed by atoms with Crippen LogP contribution in [0.2, 0.25) is 5.02 Å². The monoisotopic (exact) mass is 450 g/mol. The molecule has 1 aromatic heterocycles. The van der Waals surface area contributed by atoms with E-state index in [0.717, 1.165) is 42.9 Å². The lowest BCUT2D eigenvalue weighted by Crippen LogP contribution is -2.27. The molecule has 2 aromatic carbocycles. The molecule has 1 aliphatic heterocycles. The number of aryl methyl sites for hydroxylation is 2. The van der Waals surface area contributed by atoms with E-state index in [4.69, 9.17) is 21.3 Å². The number of hydrogen-bond acceptors (Lipinski definition) is 5. The molecule has 1 aliphatic rings. The van der Waals surface area contributed by atoms with Gasteiger partial charge in [-0.1, -0.05) is 41.4 Å². The van der Waals surface area contributed by atoms with Crippen molar-refractivity contribution in [3.05, 3.63) is 64.3 Å². The van der Waals surface area contributed by atoms with Crippen molar-refractivity contribution < 1.29 is 4.74 Å². The summed E-state index contributed by atoms with van der Waals surface area (Å²) in [4.78, 5) is 9.14. The normalized spacial score (nSPS) is 14.6. The van der Waals surface area contributed by atoms with Crippen LogP contribution in [0.25, 0.3) is 11.4 Å². The lowest BCUT2D eigenvalue weighted by molar-refractivity contribution is 0.243. The number of benzene rings is 2. The van der Waals surface area contributed by atoms with E-state index in [2.05, 4.69) is 53.7 Å². The second-order valence-electron chi connectivity index (χ2n) is 8.78. The van der Waals surface area contributed by atoms with Crippen LogP contribution in [-0.2, 0) is 0 Å². The average molecular weight is 451 g/mol. The van der Waals surface area contributed by atoms with E-state index >= 15 is 0 Å². The maximum absolute atomic E-state index is 6.47. The maximum atomic E-state index is 6.47. The molecule has 0 saturated carbocycles. The van der Waals surface area contributed by atoms with Crippen molar-refractivity contribution in [2.24, 2.45) is 0 Å². The minimum Gasteiger partial charge on any atom is -0.489 e. The topological polar surface area (TPSA) is 59.1 Å². The van der Waals surface area contributed by atoms with Crippen LogP contribution in [-0.4, -0.2) is 29.2 Å². The lowest BCUT2D eigenvalue weighted by Gasteiger charge is -2.26. The zero-order valence-corrected chi connectivity index (χ0v) is 20.0. The first-order chi connectivity index (χ1) is 15.4. The first kappa shape index (κ1) is 22.6. The Hall–Kier alpha value is -2.63. The Morgan fingerprint density at radius 2 is 1.81 bits per heavy atom. The lowest BCUT2D eigenvalue weighted by atomic mass is 9.87. The summed E-state index contributed by atoms with van der Waals surface area (Å²) >= 11 is 6.47. The van der Waals surface area contributed by atoms with Crippen LogP contribution in [0.1, 0.15) is 49.3 Å². The molecule has 3 aromatic rings. The molecule has 5 nitrogen and oxygen atoms in total. The quantitative estimate of drug-likeness (QED) is 0.454. The zero-order chi connectivity index (χ0) is 22.7. The molecule has 4 rings (SSSR count). The number of nitrogens with zero attached hydrogens (tertiary/aromatic N) is 2. The third-order valence-electron chi connectivity index (χ3n) is 5.82. The molecule has 0 atom stereocenters. The molecular formula is C26H31ClN4O. The number of hydrogen-bond donors (Lipinski definition) is 2. The Labute approximate surface area is 195 Å². The highest BCUT2D eigenvalue weighted by atomic mass is 35.5. The molecule has 0 spiro atoms. The minimum absolute atomic E-state index is 0.0584. The van der Waals surface area contributed by atoms with E-state index in [1.807, 2.05) is 26.0 Å². The summed E-state index contributed by atoms with van der Waals surface area (Å²) in [5.41, 5.74) is 5.62. The molecule has 0 aliphatic carbocycles. The van der Waals surface area contributed by atoms with Crippen molar-refractivity contribution in [1.82, 2.24) is 15.3 Å². The van der Waals surface area contributed by atoms with Gasteiger partial charge in [0.1, 0.15) is 10.8 Å². The van der Waals surface area contributed by atoms with Crippen molar-refractivity contribution in [2.75, 3.05) is 18.4 Å². The van der Waals surface area contributed by atoms with Crippen LogP contribution < -0.4 is 15.4 Å². The predicted octanol–water partition coefficient (Wildman–Crippen LogP) is 6.41. The van der Waals surface area contributed by atoms with Crippen LogP contribution in [0, 0.1) is 13.8 Å². The van der Waals surface area contributed by atoms with E-state index < -0.39 is 0 Å². The number of piperidine rings is 1. The Balaban J connectivity index is 1.69. The van der Waals surface area contributed by atoms with Gasteiger partial charge in [-0.2, -0.15) is 0 Å². The van der Waals surface area contributed by atoms with E-state index in [1.165, 1.54) is 16.7 Å². The molecule has 6 heteroatoms. The molecule has 0 radical (unpaired) electrons. The predicted molar refractivity (Wildman–Crippen MR) is 132 cm³/mol. The summed E-state index contributed by atoms with van der Waals surface area (Å²) in [7, 11) is 0. The van der Waals surface area contributed by atoms with Crippen molar-refractivity contribution >= 4 is 23.1 Å². The molecule has 2 N–H and O–H groups in total. The first-order valence-corrected chi connectivity index (χ1v) is 11.7. The molecule has 1 saturated heterocycles. The van der Waals surface area contributed by atoms with Gasteiger partial charge in [0.05, 0.1) is 18.0 Å². The largest absolute Gasteiger partial charge is 0.489 e. The van der Waals surface area contributed by atoms with Gasteiger partial charge < -0.3 is 15.4 Å². The number of rotatable bonds is 6. The second kappa shape index (κ2) is 9.88. The molecule has 2 heterocycles. The maximum Gasteiger partial charge on any atom is 0.161 e. The number of anilines is 2. The summed E-state index contributed by atoms with van der Waals surface area (Å²) in [5, 5.41) is 7.34. The second-order valence-corrected chi connectivity index (χ2v) is 9.18. The third kappa shape index (κ3) is 5.22. The fraction of sp³-hybridized carbons (Fsp3) is 0.385. The van der Waals surface area contributed by atoms with Crippen LogP contribution in [0.15, 0.2) is 42.6 Å². The highest BCUT2D eigenvalue weighted by molar-refractivity contribution is 6.33. The van der Waals surface area contributed by atoms with Gasteiger partial charge >= 0.3 is 0 Å². The van der Waals surface area contributed by atoms with Crippen molar-refractivity contribution in [3.8, 4) is 17.1 Å². The minimum atomic E-state index is 0.0584. The van der Waals surface area contributed by atoms with Gasteiger partial charge in [-0.15, -0.1) is 0 Å². The highest BCUT2D eigenvalue weighted by Crippen LogP contribution is 2.38. The number of ether oxygens (including phenoxy) is 1. The van der Waals surface area contributed by atoms with Gasteiger partial charge in [-0.05, 0) is 82.8 Å². The fourth-order valence-corrected chi connectivity index (χ4v) is 4.29. The molecule has 32 heavy (non-hydrogen) atoms. The molecule has 0 amide bonds. The van der Waals surface area contributed by atoms with Crippen LogP contribution in [0.5, 0.6) is 5.75 Å². The fourth-order valence-electron chi connectivity index (χ4n) is 4.15. The van der Waals surface area contributed by atoms with Gasteiger partial charge in [0.15, 0.2) is 11.6 Å².